The minimum Gasteiger partial charge on any atom is -0.508 e. The third kappa shape index (κ3) is 2.03. The maximum absolute atomic E-state index is 12.1. The standard InChI is InChI=1S/C15H12O5/c16-9-2-3-10-12(18)7-14(20-15(10)6-9)8-1-4-11(17)13(19)5-8/h1-6,14,16-17,19H,7H2/t14-/m0/s1. The van der Waals surface area contributed by atoms with Crippen molar-refractivity contribution >= 4 is 5.78 Å². The van der Waals surface area contributed by atoms with E-state index in [4.69, 9.17) is 4.74 Å². The van der Waals surface area contributed by atoms with E-state index >= 15 is 0 Å². The summed E-state index contributed by atoms with van der Waals surface area (Å²) in [6, 6.07) is 8.64. The van der Waals surface area contributed by atoms with Gasteiger partial charge in [0.2, 0.25) is 0 Å². The van der Waals surface area contributed by atoms with E-state index < -0.39 is 6.10 Å². The quantitative estimate of drug-likeness (QED) is 0.694. The number of carbonyl (C=O) groups excluding carboxylic acids is 1. The zero-order chi connectivity index (χ0) is 14.3. The predicted octanol–water partition coefficient (Wildman–Crippen LogP) is 2.51. The zero-order valence-corrected chi connectivity index (χ0v) is 10.4. The molecule has 1 atom stereocenters. The number of phenolic OH excluding ortho intramolecular Hbond substituents is 3. The van der Waals surface area contributed by atoms with E-state index in [1.807, 2.05) is 0 Å². The van der Waals surface area contributed by atoms with Crippen LogP contribution in [0.25, 0.3) is 0 Å². The van der Waals surface area contributed by atoms with Crippen molar-refractivity contribution in [3.8, 4) is 23.0 Å². The molecule has 102 valence electrons. The van der Waals surface area contributed by atoms with Crippen molar-refractivity contribution in [1.29, 1.82) is 0 Å². The summed E-state index contributed by atoms with van der Waals surface area (Å²) in [5.74, 6) is -0.248. The van der Waals surface area contributed by atoms with Gasteiger partial charge in [-0.2, -0.15) is 0 Å². The molecule has 0 unspecified atom stereocenters. The van der Waals surface area contributed by atoms with Gasteiger partial charge in [0, 0.05) is 6.07 Å². The lowest BCUT2D eigenvalue weighted by Gasteiger charge is -2.25. The van der Waals surface area contributed by atoms with Gasteiger partial charge < -0.3 is 20.1 Å². The van der Waals surface area contributed by atoms with Crippen LogP contribution in [-0.2, 0) is 0 Å². The monoisotopic (exact) mass is 272 g/mol. The molecule has 0 fully saturated rings. The average Bonchev–Trinajstić information content (AvgIpc) is 2.41. The largest absolute Gasteiger partial charge is 0.508 e. The summed E-state index contributed by atoms with van der Waals surface area (Å²) in [7, 11) is 0. The second kappa shape index (κ2) is 4.45. The molecule has 0 saturated heterocycles. The van der Waals surface area contributed by atoms with Gasteiger partial charge >= 0.3 is 0 Å². The third-order valence-electron chi connectivity index (χ3n) is 3.28. The van der Waals surface area contributed by atoms with Crippen LogP contribution >= 0.6 is 0 Å². The minimum atomic E-state index is -0.553. The maximum atomic E-state index is 12.1. The Kier molecular flexibility index (Phi) is 2.75. The Hall–Kier alpha value is -2.69. The highest BCUT2D eigenvalue weighted by Gasteiger charge is 2.28. The van der Waals surface area contributed by atoms with Gasteiger partial charge in [-0.15, -0.1) is 0 Å². The van der Waals surface area contributed by atoms with Crippen LogP contribution in [0.1, 0.15) is 28.4 Å². The molecule has 0 radical (unpaired) electrons. The van der Waals surface area contributed by atoms with E-state index in [0.29, 0.717) is 16.9 Å². The Morgan fingerprint density at radius 3 is 2.55 bits per heavy atom. The molecule has 0 saturated carbocycles. The van der Waals surface area contributed by atoms with Crippen molar-refractivity contribution in [2.45, 2.75) is 12.5 Å². The molecule has 0 bridgehead atoms. The lowest BCUT2D eigenvalue weighted by Crippen LogP contribution is -2.20. The molecule has 1 aliphatic heterocycles. The maximum Gasteiger partial charge on any atom is 0.170 e. The molecule has 5 nitrogen and oxygen atoms in total. The molecule has 1 heterocycles. The van der Waals surface area contributed by atoms with E-state index in [9.17, 15) is 20.1 Å². The first kappa shape index (κ1) is 12.3. The van der Waals surface area contributed by atoms with E-state index in [1.165, 1.54) is 30.3 Å². The van der Waals surface area contributed by atoms with Crippen LogP contribution in [0.15, 0.2) is 36.4 Å². The topological polar surface area (TPSA) is 87.0 Å². The van der Waals surface area contributed by atoms with E-state index in [-0.39, 0.29) is 29.5 Å². The van der Waals surface area contributed by atoms with Gasteiger partial charge in [0.25, 0.3) is 0 Å². The van der Waals surface area contributed by atoms with Crippen LogP contribution in [0.2, 0.25) is 0 Å². The SMILES string of the molecule is O=C1C[C@@H](c2ccc(O)c(O)c2)Oc2cc(O)ccc21. The molecule has 0 aliphatic carbocycles. The summed E-state index contributed by atoms with van der Waals surface area (Å²) < 4.78 is 5.69. The average molecular weight is 272 g/mol. The molecule has 5 heteroatoms. The summed E-state index contributed by atoms with van der Waals surface area (Å²) in [6.45, 7) is 0. The highest BCUT2D eigenvalue weighted by atomic mass is 16.5. The summed E-state index contributed by atoms with van der Waals surface area (Å²) in [4.78, 5) is 12.1. The van der Waals surface area contributed by atoms with Crippen LogP contribution in [0.5, 0.6) is 23.0 Å². The van der Waals surface area contributed by atoms with Crippen molar-refractivity contribution in [2.24, 2.45) is 0 Å². The fraction of sp³-hybridized carbons (Fsp3) is 0.133. The number of fused-ring (bicyclic) bond motifs is 1. The first-order chi connectivity index (χ1) is 9.54. The number of hydrogen-bond acceptors (Lipinski definition) is 5. The summed E-state index contributed by atoms with van der Waals surface area (Å²) in [5, 5.41) is 28.3. The Bertz CT molecular complexity index is 693. The van der Waals surface area contributed by atoms with Gasteiger partial charge in [-0.25, -0.2) is 0 Å². The van der Waals surface area contributed by atoms with Gasteiger partial charge in [-0.3, -0.25) is 4.79 Å². The van der Waals surface area contributed by atoms with E-state index in [2.05, 4.69) is 0 Å². The molecule has 3 rings (SSSR count). The minimum absolute atomic E-state index is 0.0192. The number of rotatable bonds is 1. The fourth-order valence-electron chi connectivity index (χ4n) is 2.24. The summed E-state index contributed by atoms with van der Waals surface area (Å²) >= 11 is 0. The molecular formula is C15H12O5. The smallest absolute Gasteiger partial charge is 0.170 e. The zero-order valence-electron chi connectivity index (χ0n) is 10.4. The van der Waals surface area contributed by atoms with Gasteiger partial charge in [-0.05, 0) is 29.8 Å². The van der Waals surface area contributed by atoms with Crippen LogP contribution in [-0.4, -0.2) is 21.1 Å². The summed E-state index contributed by atoms with van der Waals surface area (Å²) in [5.41, 5.74) is 1.02. The Morgan fingerprint density at radius 2 is 1.80 bits per heavy atom. The molecule has 0 amide bonds. The molecule has 0 spiro atoms. The van der Waals surface area contributed by atoms with Crippen molar-refractivity contribution < 1.29 is 24.9 Å². The predicted molar refractivity (Wildman–Crippen MR) is 70.2 cm³/mol. The number of benzene rings is 2. The highest BCUT2D eigenvalue weighted by Crippen LogP contribution is 2.38. The number of Topliss-reactive ketones (excluding diaryl/α,β-unsaturated/α-hetero) is 1. The number of phenols is 3. The van der Waals surface area contributed by atoms with Gasteiger partial charge in [-0.1, -0.05) is 6.07 Å². The second-order valence-electron chi connectivity index (χ2n) is 4.66. The third-order valence-corrected chi connectivity index (χ3v) is 3.28. The Balaban J connectivity index is 1.98. The molecule has 2 aromatic rings. The lowest BCUT2D eigenvalue weighted by molar-refractivity contribution is 0.0849. The molecular weight excluding hydrogens is 260 g/mol. The van der Waals surface area contributed by atoms with E-state index in [0.717, 1.165) is 0 Å². The fourth-order valence-corrected chi connectivity index (χ4v) is 2.24. The normalized spacial score (nSPS) is 17.4. The van der Waals surface area contributed by atoms with Crippen molar-refractivity contribution in [2.75, 3.05) is 0 Å². The van der Waals surface area contributed by atoms with Crippen LogP contribution < -0.4 is 4.74 Å². The molecule has 20 heavy (non-hydrogen) atoms. The van der Waals surface area contributed by atoms with Crippen molar-refractivity contribution in [3.05, 3.63) is 47.5 Å². The number of aromatic hydroxyl groups is 3. The van der Waals surface area contributed by atoms with Crippen molar-refractivity contribution in [1.82, 2.24) is 0 Å². The molecule has 0 aromatic heterocycles. The first-order valence-electron chi connectivity index (χ1n) is 6.09. The van der Waals surface area contributed by atoms with Gasteiger partial charge in [0.1, 0.15) is 17.6 Å². The number of ketones is 1. The number of hydrogen-bond donors (Lipinski definition) is 3. The molecule has 3 N–H and O–H groups in total. The second-order valence-corrected chi connectivity index (χ2v) is 4.66. The van der Waals surface area contributed by atoms with Gasteiger partial charge in [0.15, 0.2) is 17.3 Å². The number of ether oxygens (including phenoxy) is 1. The van der Waals surface area contributed by atoms with Crippen molar-refractivity contribution in [3.63, 3.8) is 0 Å². The van der Waals surface area contributed by atoms with Crippen LogP contribution in [0, 0.1) is 0 Å². The Labute approximate surface area is 114 Å². The highest BCUT2D eigenvalue weighted by molar-refractivity contribution is 6.00. The summed E-state index contributed by atoms with van der Waals surface area (Å²) in [6.07, 6.45) is -0.412. The molecule has 1 aliphatic rings. The van der Waals surface area contributed by atoms with Crippen LogP contribution in [0.3, 0.4) is 0 Å². The first-order valence-corrected chi connectivity index (χ1v) is 6.09. The lowest BCUT2D eigenvalue weighted by atomic mass is 9.96. The Morgan fingerprint density at radius 1 is 1.00 bits per heavy atom. The van der Waals surface area contributed by atoms with Crippen LogP contribution in [0.4, 0.5) is 0 Å². The van der Waals surface area contributed by atoms with Gasteiger partial charge in [0.05, 0.1) is 12.0 Å². The van der Waals surface area contributed by atoms with E-state index in [1.54, 1.807) is 6.07 Å². The number of carbonyl (C=O) groups is 1. The molecule has 2 aromatic carbocycles.